The van der Waals surface area contributed by atoms with Gasteiger partial charge in [0.1, 0.15) is 11.5 Å². The number of anilines is 1. The van der Waals surface area contributed by atoms with Crippen LogP contribution in [0.2, 0.25) is 0 Å². The molecule has 0 aliphatic carbocycles. The van der Waals surface area contributed by atoms with Crippen molar-refractivity contribution in [2.24, 2.45) is 5.73 Å². The minimum atomic E-state index is -0.571. The maximum Gasteiger partial charge on any atom is 0.267 e. The summed E-state index contributed by atoms with van der Waals surface area (Å²) in [7, 11) is 0. The lowest BCUT2D eigenvalue weighted by atomic mass is 10.3. The number of carbonyl (C=O) groups excluding carboxylic acids is 1. The van der Waals surface area contributed by atoms with E-state index < -0.39 is 5.91 Å². The number of carbonyl (C=O) groups is 1. The molecule has 1 amide bonds. The van der Waals surface area contributed by atoms with Crippen LogP contribution in [0.4, 0.5) is 5.82 Å². The number of hydrogen-bond donors (Lipinski definition) is 2. The molecule has 0 saturated carbocycles. The summed E-state index contributed by atoms with van der Waals surface area (Å²) in [5.74, 6) is -0.115. The minimum Gasteiger partial charge on any atom is -0.382 e. The molecule has 0 spiro atoms. The van der Waals surface area contributed by atoms with E-state index in [0.717, 1.165) is 5.56 Å². The monoisotopic (exact) mass is 217 g/mol. The third-order valence-electron chi connectivity index (χ3n) is 2.20. The van der Waals surface area contributed by atoms with Gasteiger partial charge in [-0.15, -0.1) is 0 Å². The Kier molecular flexibility index (Phi) is 2.32. The zero-order chi connectivity index (χ0) is 11.7. The molecule has 4 N–H and O–H groups in total. The average Bonchev–Trinajstić information content (AvgIpc) is 2.59. The standard InChI is InChI=1S/C10H11N5O/c1-6-5-15(14-9(6)11)7-2-3-13-8(4-7)10(12)16/h2-5H,1H3,(H2,11,14)(H2,12,16). The Morgan fingerprint density at radius 1 is 1.50 bits per heavy atom. The number of pyridine rings is 1. The predicted molar refractivity (Wildman–Crippen MR) is 59.0 cm³/mol. The van der Waals surface area contributed by atoms with E-state index in [4.69, 9.17) is 11.5 Å². The molecular formula is C10H11N5O. The Balaban J connectivity index is 2.48. The third kappa shape index (κ3) is 1.72. The van der Waals surface area contributed by atoms with Crippen LogP contribution in [0.3, 0.4) is 0 Å². The van der Waals surface area contributed by atoms with Crippen molar-refractivity contribution in [3.05, 3.63) is 35.8 Å². The number of nitrogens with zero attached hydrogens (tertiary/aromatic N) is 3. The lowest BCUT2D eigenvalue weighted by molar-refractivity contribution is 0.0995. The maximum absolute atomic E-state index is 11.0. The van der Waals surface area contributed by atoms with Crippen LogP contribution in [0.1, 0.15) is 16.1 Å². The molecular weight excluding hydrogens is 206 g/mol. The lowest BCUT2D eigenvalue weighted by Gasteiger charge is -2.01. The SMILES string of the molecule is Cc1cn(-c2ccnc(C(N)=O)c2)nc1N. The highest BCUT2D eigenvalue weighted by Gasteiger charge is 2.06. The molecule has 2 aromatic rings. The normalized spacial score (nSPS) is 10.3. The molecule has 2 rings (SSSR count). The Morgan fingerprint density at radius 2 is 2.25 bits per heavy atom. The molecule has 6 heteroatoms. The van der Waals surface area contributed by atoms with Crippen molar-refractivity contribution in [1.29, 1.82) is 0 Å². The first-order valence-electron chi connectivity index (χ1n) is 4.66. The number of rotatable bonds is 2. The number of nitrogen functional groups attached to an aromatic ring is 1. The second-order valence-corrected chi connectivity index (χ2v) is 3.41. The summed E-state index contributed by atoms with van der Waals surface area (Å²) in [4.78, 5) is 14.8. The summed E-state index contributed by atoms with van der Waals surface area (Å²) < 4.78 is 1.58. The summed E-state index contributed by atoms with van der Waals surface area (Å²) in [5, 5.41) is 4.10. The smallest absolute Gasteiger partial charge is 0.267 e. The van der Waals surface area contributed by atoms with Gasteiger partial charge in [0.05, 0.1) is 5.69 Å². The van der Waals surface area contributed by atoms with Gasteiger partial charge in [-0.1, -0.05) is 0 Å². The van der Waals surface area contributed by atoms with Crippen molar-refractivity contribution >= 4 is 11.7 Å². The van der Waals surface area contributed by atoms with E-state index in [-0.39, 0.29) is 5.69 Å². The number of nitrogens with two attached hydrogens (primary N) is 2. The van der Waals surface area contributed by atoms with Gasteiger partial charge in [-0.3, -0.25) is 9.78 Å². The number of hydrogen-bond acceptors (Lipinski definition) is 4. The Labute approximate surface area is 91.9 Å². The lowest BCUT2D eigenvalue weighted by Crippen LogP contribution is -2.13. The molecule has 0 unspecified atom stereocenters. The fraction of sp³-hybridized carbons (Fsp3) is 0.100. The predicted octanol–water partition coefficient (Wildman–Crippen LogP) is 0.257. The second kappa shape index (κ2) is 3.65. The van der Waals surface area contributed by atoms with Gasteiger partial charge in [-0.2, -0.15) is 5.10 Å². The largest absolute Gasteiger partial charge is 0.382 e. The highest BCUT2D eigenvalue weighted by Crippen LogP contribution is 2.12. The van der Waals surface area contributed by atoms with Crippen molar-refractivity contribution in [3.8, 4) is 5.69 Å². The second-order valence-electron chi connectivity index (χ2n) is 3.41. The van der Waals surface area contributed by atoms with Gasteiger partial charge in [0.2, 0.25) is 0 Å². The maximum atomic E-state index is 11.0. The number of aromatic nitrogens is 3. The first kappa shape index (κ1) is 10.2. The average molecular weight is 217 g/mol. The molecule has 16 heavy (non-hydrogen) atoms. The van der Waals surface area contributed by atoms with Crippen molar-refractivity contribution in [3.63, 3.8) is 0 Å². The number of primary amides is 1. The van der Waals surface area contributed by atoms with E-state index in [1.54, 1.807) is 23.0 Å². The van der Waals surface area contributed by atoms with E-state index in [0.29, 0.717) is 11.5 Å². The molecule has 0 bridgehead atoms. The first-order valence-corrected chi connectivity index (χ1v) is 4.66. The van der Waals surface area contributed by atoms with Gasteiger partial charge in [-0.05, 0) is 19.1 Å². The van der Waals surface area contributed by atoms with Crippen molar-refractivity contribution in [2.75, 3.05) is 5.73 Å². The molecule has 0 aromatic carbocycles. The van der Waals surface area contributed by atoms with Crippen LogP contribution in [0, 0.1) is 6.92 Å². The van der Waals surface area contributed by atoms with Crippen LogP contribution in [0.15, 0.2) is 24.5 Å². The molecule has 0 saturated heterocycles. The highest BCUT2D eigenvalue weighted by atomic mass is 16.1. The molecule has 2 heterocycles. The molecule has 0 aliphatic heterocycles. The summed E-state index contributed by atoms with van der Waals surface area (Å²) >= 11 is 0. The fourth-order valence-electron chi connectivity index (χ4n) is 1.30. The van der Waals surface area contributed by atoms with Crippen LogP contribution in [-0.2, 0) is 0 Å². The van der Waals surface area contributed by atoms with Gasteiger partial charge in [0, 0.05) is 18.0 Å². The van der Waals surface area contributed by atoms with Gasteiger partial charge < -0.3 is 11.5 Å². The zero-order valence-electron chi connectivity index (χ0n) is 8.71. The summed E-state index contributed by atoms with van der Waals surface area (Å²) in [5.41, 5.74) is 12.5. The quantitative estimate of drug-likeness (QED) is 0.753. The van der Waals surface area contributed by atoms with Crippen LogP contribution in [-0.4, -0.2) is 20.7 Å². The van der Waals surface area contributed by atoms with Crippen LogP contribution >= 0.6 is 0 Å². The Bertz CT molecular complexity index is 526. The first-order chi connectivity index (χ1) is 7.58. The molecule has 0 aliphatic rings. The van der Waals surface area contributed by atoms with Crippen LogP contribution in [0.5, 0.6) is 0 Å². The summed E-state index contributed by atoms with van der Waals surface area (Å²) in [6, 6.07) is 3.28. The van der Waals surface area contributed by atoms with Gasteiger partial charge in [0.15, 0.2) is 0 Å². The van der Waals surface area contributed by atoms with Gasteiger partial charge in [-0.25, -0.2) is 4.68 Å². The van der Waals surface area contributed by atoms with E-state index in [1.807, 2.05) is 6.92 Å². The summed E-state index contributed by atoms with van der Waals surface area (Å²) in [6.07, 6.45) is 3.28. The van der Waals surface area contributed by atoms with Crippen molar-refractivity contribution in [2.45, 2.75) is 6.92 Å². The van der Waals surface area contributed by atoms with Crippen LogP contribution < -0.4 is 11.5 Å². The van der Waals surface area contributed by atoms with E-state index in [9.17, 15) is 4.79 Å². The molecule has 0 radical (unpaired) electrons. The molecule has 0 atom stereocenters. The minimum absolute atomic E-state index is 0.198. The topological polar surface area (TPSA) is 99.8 Å². The van der Waals surface area contributed by atoms with E-state index >= 15 is 0 Å². The van der Waals surface area contributed by atoms with Crippen LogP contribution in [0.25, 0.3) is 5.69 Å². The zero-order valence-corrected chi connectivity index (χ0v) is 8.71. The van der Waals surface area contributed by atoms with Crippen molar-refractivity contribution in [1.82, 2.24) is 14.8 Å². The van der Waals surface area contributed by atoms with Crippen molar-refractivity contribution < 1.29 is 4.79 Å². The molecule has 6 nitrogen and oxygen atoms in total. The van der Waals surface area contributed by atoms with E-state index in [1.165, 1.54) is 6.20 Å². The van der Waals surface area contributed by atoms with Gasteiger partial charge >= 0.3 is 0 Å². The number of aryl methyl sites for hydroxylation is 1. The third-order valence-corrected chi connectivity index (χ3v) is 2.20. The molecule has 82 valence electrons. The number of amides is 1. The summed E-state index contributed by atoms with van der Waals surface area (Å²) in [6.45, 7) is 1.86. The molecule has 0 fully saturated rings. The Hall–Kier alpha value is -2.37. The van der Waals surface area contributed by atoms with E-state index in [2.05, 4.69) is 10.1 Å². The molecule has 2 aromatic heterocycles. The van der Waals surface area contributed by atoms with Gasteiger partial charge in [0.25, 0.3) is 5.91 Å². The fourth-order valence-corrected chi connectivity index (χ4v) is 1.30. The highest BCUT2D eigenvalue weighted by molar-refractivity contribution is 5.91. The Morgan fingerprint density at radius 3 is 2.81 bits per heavy atom.